The van der Waals surface area contributed by atoms with Gasteiger partial charge in [0.25, 0.3) is 5.69 Å². The van der Waals surface area contributed by atoms with Crippen LogP contribution in [0.3, 0.4) is 0 Å². The number of nitrogens with one attached hydrogen (secondary N) is 1. The molecule has 82 valence electrons. The van der Waals surface area contributed by atoms with Crippen LogP contribution in [0.2, 0.25) is 0 Å². The number of nitro groups is 1. The molecule has 1 heterocycles. The van der Waals surface area contributed by atoms with Crippen molar-refractivity contribution in [2.45, 2.75) is 0 Å². The Morgan fingerprint density at radius 3 is 3.00 bits per heavy atom. The average molecular weight is 212 g/mol. The first-order chi connectivity index (χ1) is 7.13. The van der Waals surface area contributed by atoms with Gasteiger partial charge in [0.05, 0.1) is 23.7 Å². The summed E-state index contributed by atoms with van der Waals surface area (Å²) in [6.07, 6.45) is 0. The fourth-order valence-electron chi connectivity index (χ4n) is 1.01. The minimum Gasteiger partial charge on any atom is -0.383 e. The highest BCUT2D eigenvalue weighted by Crippen LogP contribution is 2.18. The van der Waals surface area contributed by atoms with Crippen LogP contribution in [0.15, 0.2) is 12.1 Å². The van der Waals surface area contributed by atoms with E-state index < -0.39 is 4.92 Å². The first-order valence-electron chi connectivity index (χ1n) is 4.28. The lowest BCUT2D eigenvalue weighted by Gasteiger charge is -2.05. The minimum atomic E-state index is -0.514. The summed E-state index contributed by atoms with van der Waals surface area (Å²) in [6.45, 7) is 1.01. The van der Waals surface area contributed by atoms with Crippen LogP contribution in [0.5, 0.6) is 0 Å². The lowest BCUT2D eigenvalue weighted by Crippen LogP contribution is -2.09. The molecule has 0 bridgehead atoms. The van der Waals surface area contributed by atoms with Crippen LogP contribution in [0.1, 0.15) is 0 Å². The van der Waals surface area contributed by atoms with E-state index in [0.717, 1.165) is 0 Å². The predicted molar refractivity (Wildman–Crippen MR) is 55.7 cm³/mol. The Hall–Kier alpha value is -1.89. The molecule has 0 fully saturated rings. The molecule has 0 aliphatic carbocycles. The third-order valence-corrected chi connectivity index (χ3v) is 1.65. The number of hydrogen-bond donors (Lipinski definition) is 2. The maximum Gasteiger partial charge on any atom is 0.276 e. The molecule has 7 nitrogen and oxygen atoms in total. The molecular weight excluding hydrogens is 200 g/mol. The maximum atomic E-state index is 10.5. The molecule has 0 spiro atoms. The number of anilines is 2. The standard InChI is InChI=1S/C8H12N4O3/c1-15-3-2-10-8-5-6(12(13)14)4-7(9)11-8/h4-5H,2-3H2,1H3,(H3,9,10,11). The van der Waals surface area contributed by atoms with Gasteiger partial charge in [-0.2, -0.15) is 0 Å². The van der Waals surface area contributed by atoms with Gasteiger partial charge in [0.15, 0.2) is 0 Å². The number of aromatic nitrogens is 1. The minimum absolute atomic E-state index is 0.0811. The van der Waals surface area contributed by atoms with Gasteiger partial charge in [-0.25, -0.2) is 4.98 Å². The van der Waals surface area contributed by atoms with Crippen molar-refractivity contribution in [3.05, 3.63) is 22.2 Å². The maximum absolute atomic E-state index is 10.5. The number of ether oxygens (including phenoxy) is 1. The van der Waals surface area contributed by atoms with Gasteiger partial charge >= 0.3 is 0 Å². The van der Waals surface area contributed by atoms with Crippen molar-refractivity contribution >= 4 is 17.3 Å². The first-order valence-corrected chi connectivity index (χ1v) is 4.28. The van der Waals surface area contributed by atoms with Gasteiger partial charge in [-0.15, -0.1) is 0 Å². The van der Waals surface area contributed by atoms with Crippen LogP contribution in [0, 0.1) is 10.1 Å². The van der Waals surface area contributed by atoms with Crippen LogP contribution in [-0.4, -0.2) is 30.2 Å². The summed E-state index contributed by atoms with van der Waals surface area (Å²) in [6, 6.07) is 2.54. The Bertz CT molecular complexity index is 356. The molecule has 1 aromatic rings. The monoisotopic (exact) mass is 212 g/mol. The average Bonchev–Trinajstić information content (AvgIpc) is 2.17. The molecule has 0 aliphatic rings. The number of methoxy groups -OCH3 is 1. The molecular formula is C8H12N4O3. The number of nitrogens with zero attached hydrogens (tertiary/aromatic N) is 2. The molecule has 0 radical (unpaired) electrons. The Balaban J connectivity index is 2.75. The highest BCUT2D eigenvalue weighted by Gasteiger charge is 2.08. The summed E-state index contributed by atoms with van der Waals surface area (Å²) < 4.78 is 4.82. The molecule has 0 aliphatic heterocycles. The van der Waals surface area contributed by atoms with Crippen LogP contribution >= 0.6 is 0 Å². The zero-order valence-electron chi connectivity index (χ0n) is 8.27. The van der Waals surface area contributed by atoms with E-state index in [1.807, 2.05) is 0 Å². The zero-order valence-corrected chi connectivity index (χ0v) is 8.27. The second-order valence-corrected chi connectivity index (χ2v) is 2.81. The molecule has 15 heavy (non-hydrogen) atoms. The topological polar surface area (TPSA) is 103 Å². The van der Waals surface area contributed by atoms with E-state index in [2.05, 4.69) is 10.3 Å². The highest BCUT2D eigenvalue weighted by molar-refractivity contribution is 5.52. The fraction of sp³-hybridized carbons (Fsp3) is 0.375. The van der Waals surface area contributed by atoms with Crippen LogP contribution in [0.25, 0.3) is 0 Å². The van der Waals surface area contributed by atoms with Crippen molar-refractivity contribution in [2.75, 3.05) is 31.3 Å². The third kappa shape index (κ3) is 3.39. The first kappa shape index (κ1) is 11.2. The van der Waals surface area contributed by atoms with E-state index in [1.165, 1.54) is 12.1 Å². The number of nitrogen functional groups attached to an aromatic ring is 1. The van der Waals surface area contributed by atoms with Gasteiger partial charge in [0.2, 0.25) is 0 Å². The highest BCUT2D eigenvalue weighted by atomic mass is 16.6. The Labute approximate surface area is 86.4 Å². The number of nitrogens with two attached hydrogens (primary N) is 1. The van der Waals surface area contributed by atoms with Crippen LogP contribution in [0.4, 0.5) is 17.3 Å². The molecule has 0 unspecified atom stereocenters. The molecule has 0 atom stereocenters. The van der Waals surface area contributed by atoms with E-state index in [4.69, 9.17) is 10.5 Å². The van der Waals surface area contributed by atoms with Crippen molar-refractivity contribution in [3.63, 3.8) is 0 Å². The van der Waals surface area contributed by atoms with Gasteiger partial charge in [0, 0.05) is 13.7 Å². The SMILES string of the molecule is COCCNc1cc([N+](=O)[O-])cc(N)n1. The van der Waals surface area contributed by atoms with E-state index in [0.29, 0.717) is 19.0 Å². The number of rotatable bonds is 5. The van der Waals surface area contributed by atoms with Gasteiger partial charge < -0.3 is 15.8 Å². The van der Waals surface area contributed by atoms with Crippen molar-refractivity contribution in [1.82, 2.24) is 4.98 Å². The van der Waals surface area contributed by atoms with Crippen molar-refractivity contribution in [3.8, 4) is 0 Å². The summed E-state index contributed by atoms with van der Waals surface area (Å²) in [7, 11) is 1.57. The molecule has 3 N–H and O–H groups in total. The Kier molecular flexibility index (Phi) is 3.81. The second-order valence-electron chi connectivity index (χ2n) is 2.81. The van der Waals surface area contributed by atoms with Crippen LogP contribution in [-0.2, 0) is 4.74 Å². The van der Waals surface area contributed by atoms with Gasteiger partial charge in [-0.05, 0) is 0 Å². The van der Waals surface area contributed by atoms with E-state index >= 15 is 0 Å². The molecule has 0 amide bonds. The summed E-state index contributed by atoms with van der Waals surface area (Å²) in [5, 5.41) is 13.4. The van der Waals surface area contributed by atoms with Gasteiger partial charge in [0.1, 0.15) is 11.6 Å². The van der Waals surface area contributed by atoms with E-state index in [-0.39, 0.29) is 11.5 Å². The molecule has 7 heteroatoms. The smallest absolute Gasteiger partial charge is 0.276 e. The molecule has 0 saturated carbocycles. The molecule has 1 aromatic heterocycles. The van der Waals surface area contributed by atoms with Gasteiger partial charge in [-0.1, -0.05) is 0 Å². The molecule has 0 aromatic carbocycles. The van der Waals surface area contributed by atoms with E-state index in [9.17, 15) is 10.1 Å². The molecule has 1 rings (SSSR count). The van der Waals surface area contributed by atoms with Gasteiger partial charge in [-0.3, -0.25) is 10.1 Å². The lowest BCUT2D eigenvalue weighted by atomic mass is 10.3. The van der Waals surface area contributed by atoms with Crippen LogP contribution < -0.4 is 11.1 Å². The Morgan fingerprint density at radius 1 is 1.67 bits per heavy atom. The number of hydrogen-bond acceptors (Lipinski definition) is 6. The second kappa shape index (κ2) is 5.11. The normalized spacial score (nSPS) is 9.93. The molecule has 0 saturated heterocycles. The Morgan fingerprint density at radius 2 is 2.40 bits per heavy atom. The third-order valence-electron chi connectivity index (χ3n) is 1.65. The fourth-order valence-corrected chi connectivity index (χ4v) is 1.01. The van der Waals surface area contributed by atoms with Crippen molar-refractivity contribution in [1.29, 1.82) is 0 Å². The largest absolute Gasteiger partial charge is 0.383 e. The van der Waals surface area contributed by atoms with Crippen molar-refractivity contribution < 1.29 is 9.66 Å². The summed E-state index contributed by atoms with van der Waals surface area (Å²) in [4.78, 5) is 13.9. The lowest BCUT2D eigenvalue weighted by molar-refractivity contribution is -0.384. The predicted octanol–water partition coefficient (Wildman–Crippen LogP) is 0.630. The van der Waals surface area contributed by atoms with E-state index in [1.54, 1.807) is 7.11 Å². The summed E-state index contributed by atoms with van der Waals surface area (Å²) in [5.74, 6) is 0.489. The van der Waals surface area contributed by atoms with Crippen molar-refractivity contribution in [2.24, 2.45) is 0 Å². The zero-order chi connectivity index (χ0) is 11.3. The summed E-state index contributed by atoms with van der Waals surface area (Å²) >= 11 is 0. The summed E-state index contributed by atoms with van der Waals surface area (Å²) in [5.41, 5.74) is 5.33. The number of pyridine rings is 1. The quantitative estimate of drug-likeness (QED) is 0.421.